The monoisotopic (exact) mass is 282 g/mol. The first kappa shape index (κ1) is 16.2. The molecule has 0 saturated carbocycles. The quantitative estimate of drug-likeness (QED) is 0.576. The molecule has 1 N–H and O–H groups in total. The van der Waals surface area contributed by atoms with Gasteiger partial charge < -0.3 is 9.84 Å². The van der Waals surface area contributed by atoms with Gasteiger partial charge in [0.05, 0.1) is 7.11 Å². The van der Waals surface area contributed by atoms with Crippen molar-refractivity contribution < 1.29 is 14.6 Å². The average Bonchev–Trinajstić information content (AvgIpc) is 2.30. The fraction of sp³-hybridized carbons (Fsp3) is 0.667. The van der Waals surface area contributed by atoms with Crippen LogP contribution in [0.5, 0.6) is 0 Å². The summed E-state index contributed by atoms with van der Waals surface area (Å²) in [6, 6.07) is 0.725. The molecule has 1 aliphatic rings. The molecule has 3 nitrogen and oxygen atoms in total. The Morgan fingerprint density at radius 2 is 2.00 bits per heavy atom. The second-order valence-electron chi connectivity index (χ2n) is 6.50. The van der Waals surface area contributed by atoms with E-state index in [0.29, 0.717) is 23.3 Å². The topological polar surface area (TPSA) is 46.5 Å². The molecular weight excluding hydrogens is 256 g/mol. The molecule has 1 rings (SSSR count). The standard InChI is InChI=1S/C15H26O3Si/c1-7-8-9-12-13(16)15(17,14(12)18-3)11(2)10-19(4,5)6/h17H,2,7-10H2,1,3-6H3. The zero-order valence-corrected chi connectivity index (χ0v) is 13.8. The minimum Gasteiger partial charge on any atom is -0.497 e. The Bertz CT molecular complexity index is 418. The molecule has 1 atom stereocenters. The van der Waals surface area contributed by atoms with Crippen LogP contribution in [0.15, 0.2) is 23.5 Å². The summed E-state index contributed by atoms with van der Waals surface area (Å²) in [7, 11) is 0.0927. The Morgan fingerprint density at radius 1 is 1.42 bits per heavy atom. The van der Waals surface area contributed by atoms with Crippen molar-refractivity contribution in [1.82, 2.24) is 0 Å². The number of unbranched alkanes of at least 4 members (excludes halogenated alkanes) is 1. The van der Waals surface area contributed by atoms with Crippen LogP contribution in [0.1, 0.15) is 26.2 Å². The molecular formula is C15H26O3Si. The first-order valence-corrected chi connectivity index (χ1v) is 10.6. The minimum atomic E-state index is -1.56. The van der Waals surface area contributed by atoms with E-state index in [2.05, 4.69) is 33.1 Å². The van der Waals surface area contributed by atoms with Gasteiger partial charge in [0.1, 0.15) is 5.76 Å². The van der Waals surface area contributed by atoms with Crippen molar-refractivity contribution in [3.63, 3.8) is 0 Å². The number of carbonyl (C=O) groups excluding carboxylic acids is 1. The summed E-state index contributed by atoms with van der Waals surface area (Å²) in [5, 5.41) is 10.6. The molecule has 0 saturated heterocycles. The maximum absolute atomic E-state index is 12.3. The van der Waals surface area contributed by atoms with Crippen LogP contribution in [0.4, 0.5) is 0 Å². The molecule has 0 amide bonds. The lowest BCUT2D eigenvalue weighted by atomic mass is 9.72. The van der Waals surface area contributed by atoms with Crippen LogP contribution in [-0.4, -0.2) is 31.7 Å². The third-order valence-corrected chi connectivity index (χ3v) is 4.93. The van der Waals surface area contributed by atoms with Crippen LogP contribution >= 0.6 is 0 Å². The third kappa shape index (κ3) is 3.00. The van der Waals surface area contributed by atoms with Gasteiger partial charge in [0, 0.05) is 13.6 Å². The van der Waals surface area contributed by atoms with Crippen LogP contribution in [0.2, 0.25) is 25.7 Å². The summed E-state index contributed by atoms with van der Waals surface area (Å²) in [6.45, 7) is 12.6. The zero-order chi connectivity index (χ0) is 14.8. The fourth-order valence-electron chi connectivity index (χ4n) is 2.52. The number of rotatable bonds is 7. The summed E-state index contributed by atoms with van der Waals surface area (Å²) < 4.78 is 5.28. The lowest BCUT2D eigenvalue weighted by Gasteiger charge is -2.41. The number of ether oxygens (including phenoxy) is 1. The summed E-state index contributed by atoms with van der Waals surface area (Å²) in [6.07, 6.45) is 2.63. The van der Waals surface area contributed by atoms with Crippen molar-refractivity contribution in [3.8, 4) is 0 Å². The van der Waals surface area contributed by atoms with Gasteiger partial charge in [0.15, 0.2) is 0 Å². The van der Waals surface area contributed by atoms with Gasteiger partial charge in [-0.25, -0.2) is 0 Å². The zero-order valence-electron chi connectivity index (χ0n) is 12.8. The number of aliphatic hydroxyl groups is 1. The highest BCUT2D eigenvalue weighted by Gasteiger charge is 2.55. The fourth-order valence-corrected chi connectivity index (χ4v) is 4.06. The van der Waals surface area contributed by atoms with Crippen molar-refractivity contribution in [3.05, 3.63) is 23.5 Å². The van der Waals surface area contributed by atoms with Crippen LogP contribution in [0.3, 0.4) is 0 Å². The van der Waals surface area contributed by atoms with Gasteiger partial charge in [0.2, 0.25) is 11.4 Å². The van der Waals surface area contributed by atoms with Gasteiger partial charge in [-0.15, -0.1) is 0 Å². The lowest BCUT2D eigenvalue weighted by Crippen LogP contribution is -2.53. The van der Waals surface area contributed by atoms with E-state index in [1.807, 2.05) is 0 Å². The SMILES string of the molecule is C=C(C[Si](C)(C)C)C1(O)C(=O)C(CCCC)=C1OC. The first-order chi connectivity index (χ1) is 8.68. The van der Waals surface area contributed by atoms with Crippen LogP contribution in [-0.2, 0) is 9.53 Å². The van der Waals surface area contributed by atoms with Crippen LogP contribution in [0.25, 0.3) is 0 Å². The van der Waals surface area contributed by atoms with E-state index in [-0.39, 0.29) is 5.78 Å². The molecule has 0 fully saturated rings. The van der Waals surface area contributed by atoms with E-state index in [9.17, 15) is 9.90 Å². The molecule has 19 heavy (non-hydrogen) atoms. The van der Waals surface area contributed by atoms with E-state index in [4.69, 9.17) is 4.74 Å². The van der Waals surface area contributed by atoms with Crippen molar-refractivity contribution in [1.29, 1.82) is 0 Å². The number of hydrogen-bond acceptors (Lipinski definition) is 3. The highest BCUT2D eigenvalue weighted by molar-refractivity contribution is 6.76. The van der Waals surface area contributed by atoms with Gasteiger partial charge in [-0.2, -0.15) is 0 Å². The summed E-state index contributed by atoms with van der Waals surface area (Å²) in [5.41, 5.74) is -0.324. The largest absolute Gasteiger partial charge is 0.497 e. The van der Waals surface area contributed by atoms with Gasteiger partial charge >= 0.3 is 0 Å². The normalized spacial score (nSPS) is 23.4. The molecule has 0 aromatic carbocycles. The molecule has 4 heteroatoms. The Kier molecular flexibility index (Phi) is 4.80. The summed E-state index contributed by atoms with van der Waals surface area (Å²) >= 11 is 0. The Balaban J connectivity index is 2.97. The molecule has 0 radical (unpaired) electrons. The Labute approximate surface area is 117 Å². The molecule has 108 valence electrons. The van der Waals surface area contributed by atoms with Crippen molar-refractivity contribution in [2.75, 3.05) is 7.11 Å². The van der Waals surface area contributed by atoms with E-state index in [1.54, 1.807) is 0 Å². The van der Waals surface area contributed by atoms with E-state index < -0.39 is 13.7 Å². The molecule has 1 unspecified atom stereocenters. The molecule has 0 aromatic heterocycles. The molecule has 1 aliphatic carbocycles. The molecule has 0 aliphatic heterocycles. The average molecular weight is 282 g/mol. The lowest BCUT2D eigenvalue weighted by molar-refractivity contribution is -0.135. The predicted molar refractivity (Wildman–Crippen MR) is 80.8 cm³/mol. The van der Waals surface area contributed by atoms with Gasteiger partial charge in [-0.3, -0.25) is 4.79 Å². The van der Waals surface area contributed by atoms with Crippen molar-refractivity contribution >= 4 is 13.9 Å². The van der Waals surface area contributed by atoms with Crippen molar-refractivity contribution in [2.24, 2.45) is 0 Å². The number of hydrogen-bond donors (Lipinski definition) is 1. The van der Waals surface area contributed by atoms with Crippen LogP contribution in [0, 0.1) is 0 Å². The van der Waals surface area contributed by atoms with E-state index >= 15 is 0 Å². The summed E-state index contributed by atoms with van der Waals surface area (Å²) in [4.78, 5) is 12.3. The summed E-state index contributed by atoms with van der Waals surface area (Å²) in [5.74, 6) is 0.218. The molecule has 0 bridgehead atoms. The van der Waals surface area contributed by atoms with Gasteiger partial charge in [0.25, 0.3) is 0 Å². The molecule has 0 spiro atoms. The van der Waals surface area contributed by atoms with Crippen molar-refractivity contribution in [2.45, 2.75) is 57.5 Å². The Morgan fingerprint density at radius 3 is 2.42 bits per heavy atom. The van der Waals surface area contributed by atoms with Crippen LogP contribution < -0.4 is 0 Å². The second kappa shape index (κ2) is 5.63. The molecule has 0 heterocycles. The highest BCUT2D eigenvalue weighted by Crippen LogP contribution is 2.44. The number of ketones is 1. The number of Topliss-reactive ketones (excluding diaryl/α,β-unsaturated/α-hetero) is 1. The second-order valence-corrected chi connectivity index (χ2v) is 12.0. The van der Waals surface area contributed by atoms with E-state index in [0.717, 1.165) is 18.9 Å². The molecule has 0 aromatic rings. The maximum Gasteiger partial charge on any atom is 0.206 e. The van der Waals surface area contributed by atoms with Gasteiger partial charge in [-0.05, 0) is 24.5 Å². The first-order valence-electron chi connectivity index (χ1n) is 6.91. The van der Waals surface area contributed by atoms with Gasteiger partial charge in [-0.1, -0.05) is 39.6 Å². The van der Waals surface area contributed by atoms with E-state index in [1.165, 1.54) is 7.11 Å². The predicted octanol–water partition coefficient (Wildman–Crippen LogP) is 3.29. The highest BCUT2D eigenvalue weighted by atomic mass is 28.3. The smallest absolute Gasteiger partial charge is 0.206 e. The Hall–Kier alpha value is -0.873. The third-order valence-electron chi connectivity index (χ3n) is 3.45. The number of methoxy groups -OCH3 is 1. The maximum atomic E-state index is 12.3. The number of carbonyl (C=O) groups is 1. The minimum absolute atomic E-state index is 0.207.